The highest BCUT2D eigenvalue weighted by atomic mass is 32.2. The van der Waals surface area contributed by atoms with Crippen molar-refractivity contribution in [1.82, 2.24) is 0 Å². The van der Waals surface area contributed by atoms with Crippen LogP contribution in [0.3, 0.4) is 0 Å². The van der Waals surface area contributed by atoms with Crippen LogP contribution in [0.5, 0.6) is 0 Å². The van der Waals surface area contributed by atoms with E-state index in [0.717, 1.165) is 16.8 Å². The first-order valence-corrected chi connectivity index (χ1v) is 16.1. The van der Waals surface area contributed by atoms with Crippen molar-refractivity contribution in [3.8, 4) is 0 Å². The lowest BCUT2D eigenvalue weighted by molar-refractivity contribution is 0.101. The molecule has 0 bridgehead atoms. The molecule has 1 heterocycles. The molecule has 0 spiro atoms. The summed E-state index contributed by atoms with van der Waals surface area (Å²) in [7, 11) is -4.09. The fourth-order valence-electron chi connectivity index (χ4n) is 5.60. The van der Waals surface area contributed by atoms with Gasteiger partial charge >= 0.3 is 0 Å². The van der Waals surface area contributed by atoms with Gasteiger partial charge in [-0.3, -0.25) is 0 Å². The minimum atomic E-state index is -4.09. The molecule has 0 saturated carbocycles. The maximum atomic E-state index is 14.4. The van der Waals surface area contributed by atoms with E-state index in [9.17, 15) is 8.42 Å². The lowest BCUT2D eigenvalue weighted by Crippen LogP contribution is -2.27. The van der Waals surface area contributed by atoms with E-state index in [0.29, 0.717) is 22.4 Å². The monoisotopic (exact) mass is 645 g/mol. The number of hydrogen-bond donors (Lipinski definition) is 5. The summed E-state index contributed by atoms with van der Waals surface area (Å²) in [6, 6.07) is 39.3. The number of nitrogens with two attached hydrogens (primary N) is 2. The van der Waals surface area contributed by atoms with Crippen molar-refractivity contribution in [1.29, 1.82) is 0 Å². The molecule has 11 heteroatoms. The Morgan fingerprint density at radius 2 is 1.26 bits per heavy atom. The third-order valence-corrected chi connectivity index (χ3v) is 9.88. The summed E-state index contributed by atoms with van der Waals surface area (Å²) >= 11 is 0. The molecule has 236 valence electrons. The Labute approximate surface area is 271 Å². The molecule has 0 saturated heterocycles. The number of hydrogen-bond acceptors (Lipinski definition) is 8. The number of benzene rings is 5. The van der Waals surface area contributed by atoms with E-state index in [4.69, 9.17) is 26.6 Å². The second-order valence-electron chi connectivity index (χ2n) is 10.9. The van der Waals surface area contributed by atoms with Gasteiger partial charge in [-0.2, -0.15) is 0 Å². The van der Waals surface area contributed by atoms with Crippen LogP contribution in [0.1, 0.15) is 34.2 Å². The summed E-state index contributed by atoms with van der Waals surface area (Å²) in [5.41, 5.74) is 14.9. The second-order valence-corrected chi connectivity index (χ2v) is 12.8. The van der Waals surface area contributed by atoms with Crippen LogP contribution < -0.4 is 16.8 Å². The lowest BCUT2D eigenvalue weighted by Gasteiger charge is -2.31. The summed E-state index contributed by atoms with van der Waals surface area (Å²) in [5.74, 6) is 0.0948. The number of amidine groups is 2. The van der Waals surface area contributed by atoms with Crippen molar-refractivity contribution in [2.24, 2.45) is 21.8 Å². The van der Waals surface area contributed by atoms with Crippen molar-refractivity contribution in [3.63, 3.8) is 0 Å². The Balaban J connectivity index is 1.45. The molecule has 1 aliphatic heterocycles. The summed E-state index contributed by atoms with van der Waals surface area (Å²) in [6.45, 7) is 0. The highest BCUT2D eigenvalue weighted by Gasteiger charge is 2.48. The summed E-state index contributed by atoms with van der Waals surface area (Å²) in [4.78, 5) is 0.165. The largest absolute Gasteiger partial charge is 0.476 e. The van der Waals surface area contributed by atoms with Crippen molar-refractivity contribution in [2.45, 2.75) is 16.9 Å². The number of nitrogens with zero attached hydrogens (tertiary/aromatic N) is 2. The zero-order valence-electron chi connectivity index (χ0n) is 25.0. The summed E-state index contributed by atoms with van der Waals surface area (Å²) in [5, 5.41) is 27.5. The third-order valence-electron chi connectivity index (χ3n) is 8.01. The van der Waals surface area contributed by atoms with Gasteiger partial charge in [-0.1, -0.05) is 83.1 Å². The molecule has 0 aromatic heterocycles. The fourth-order valence-corrected chi connectivity index (χ4v) is 7.18. The molecular formula is C36H31N5O5S. The number of anilines is 2. The van der Waals surface area contributed by atoms with Gasteiger partial charge in [0.15, 0.2) is 17.3 Å². The third kappa shape index (κ3) is 5.99. The zero-order valence-corrected chi connectivity index (χ0v) is 25.8. The van der Waals surface area contributed by atoms with E-state index in [1.165, 1.54) is 24.3 Å². The lowest BCUT2D eigenvalue weighted by atomic mass is 9.84. The van der Waals surface area contributed by atoms with Crippen LogP contribution in [0.2, 0.25) is 0 Å². The Bertz CT molecular complexity index is 2060. The van der Waals surface area contributed by atoms with Gasteiger partial charge in [0.05, 0.1) is 9.80 Å². The van der Waals surface area contributed by atoms with Crippen LogP contribution >= 0.6 is 0 Å². The molecule has 6 rings (SSSR count). The van der Waals surface area contributed by atoms with Crippen molar-refractivity contribution in [3.05, 3.63) is 166 Å². The standard InChI is InChI=1S/C36H31N5O5S/c37-34(40-42)25-16-20-31(21-17-25)47(44,45)32-23-36(27-9-3-1-4-10-27,28-11-5-2-6-12-28)46-33(32)24-14-18-29(19-15-24)39-30-13-7-8-26(22-30)35(38)41-43/h1-22,39,42-43H,23H2,(H2,37,40)(H2,38,41). The Kier molecular flexibility index (Phi) is 8.38. The van der Waals surface area contributed by atoms with Crippen LogP contribution in [0, 0.1) is 0 Å². The normalized spacial score (nSPS) is 14.9. The number of oxime groups is 2. The topological polar surface area (TPSA) is 173 Å². The predicted octanol–water partition coefficient (Wildman–Crippen LogP) is 6.13. The molecule has 0 fully saturated rings. The van der Waals surface area contributed by atoms with Crippen molar-refractivity contribution in [2.75, 3.05) is 5.32 Å². The predicted molar refractivity (Wildman–Crippen MR) is 181 cm³/mol. The number of sulfone groups is 1. The van der Waals surface area contributed by atoms with E-state index < -0.39 is 15.4 Å². The number of ether oxygens (including phenoxy) is 1. The van der Waals surface area contributed by atoms with Gasteiger partial charge in [0, 0.05) is 45.6 Å². The maximum absolute atomic E-state index is 14.4. The minimum Gasteiger partial charge on any atom is -0.476 e. The summed E-state index contributed by atoms with van der Waals surface area (Å²) in [6.07, 6.45) is 0.0430. The van der Waals surface area contributed by atoms with Gasteiger partial charge < -0.3 is 31.9 Å². The van der Waals surface area contributed by atoms with Gasteiger partial charge in [-0.15, -0.1) is 0 Å². The minimum absolute atomic E-state index is 0.0111. The molecule has 7 N–H and O–H groups in total. The van der Waals surface area contributed by atoms with Gasteiger partial charge in [0.25, 0.3) is 0 Å². The van der Waals surface area contributed by atoms with Crippen LogP contribution in [0.4, 0.5) is 11.4 Å². The molecule has 0 radical (unpaired) electrons. The van der Waals surface area contributed by atoms with Crippen LogP contribution in [-0.2, 0) is 20.2 Å². The highest BCUT2D eigenvalue weighted by molar-refractivity contribution is 7.95. The van der Waals surface area contributed by atoms with Crippen molar-refractivity contribution < 1.29 is 23.6 Å². The highest BCUT2D eigenvalue weighted by Crippen LogP contribution is 2.52. The maximum Gasteiger partial charge on any atom is 0.206 e. The average Bonchev–Trinajstić information content (AvgIpc) is 3.55. The molecule has 1 aliphatic rings. The molecule has 10 nitrogen and oxygen atoms in total. The Morgan fingerprint density at radius 3 is 1.83 bits per heavy atom. The van der Waals surface area contributed by atoms with E-state index in [-0.39, 0.29) is 33.7 Å². The number of rotatable bonds is 9. The van der Waals surface area contributed by atoms with Gasteiger partial charge in [0.1, 0.15) is 5.76 Å². The van der Waals surface area contributed by atoms with E-state index in [1.54, 1.807) is 30.3 Å². The number of nitrogens with one attached hydrogen (secondary N) is 1. The Morgan fingerprint density at radius 1 is 0.681 bits per heavy atom. The fraction of sp³-hybridized carbons (Fsp3) is 0.0556. The molecular weight excluding hydrogens is 614 g/mol. The molecule has 5 aromatic rings. The van der Waals surface area contributed by atoms with Gasteiger partial charge in [-0.25, -0.2) is 8.42 Å². The van der Waals surface area contributed by atoms with E-state index in [1.807, 2.05) is 78.9 Å². The van der Waals surface area contributed by atoms with Crippen LogP contribution in [0.15, 0.2) is 154 Å². The molecule has 47 heavy (non-hydrogen) atoms. The van der Waals surface area contributed by atoms with Gasteiger partial charge in [0.2, 0.25) is 9.84 Å². The first-order valence-electron chi connectivity index (χ1n) is 14.6. The molecule has 0 aliphatic carbocycles. The van der Waals surface area contributed by atoms with E-state index in [2.05, 4.69) is 15.6 Å². The molecule has 0 amide bonds. The van der Waals surface area contributed by atoms with Gasteiger partial charge in [-0.05, 0) is 60.7 Å². The van der Waals surface area contributed by atoms with Crippen LogP contribution in [-0.4, -0.2) is 30.5 Å². The second kappa shape index (κ2) is 12.7. The molecule has 0 unspecified atom stereocenters. The van der Waals surface area contributed by atoms with Crippen LogP contribution in [0.25, 0.3) is 5.76 Å². The zero-order chi connectivity index (χ0) is 33.0. The van der Waals surface area contributed by atoms with Crippen molar-refractivity contribution >= 4 is 38.6 Å². The quantitative estimate of drug-likeness (QED) is 0.0551. The molecule has 5 aromatic carbocycles. The smallest absolute Gasteiger partial charge is 0.206 e. The Hall–Kier alpha value is -6.07. The first kappa shape index (κ1) is 30.9. The van der Waals surface area contributed by atoms with E-state index >= 15 is 0 Å². The molecule has 0 atom stereocenters. The average molecular weight is 646 g/mol. The summed E-state index contributed by atoms with van der Waals surface area (Å²) < 4.78 is 35.8. The first-order chi connectivity index (χ1) is 22.7. The SMILES string of the molecule is NC(=NO)c1ccc(S(=O)(=O)C2=C(c3ccc(Nc4cccc(C(N)=NO)c4)cc3)OC(c3ccccc3)(c3ccccc3)C2)cc1.